The molecule has 0 bridgehead atoms. The number of aromatic nitrogens is 4. The van der Waals surface area contributed by atoms with Gasteiger partial charge in [0.05, 0.1) is 0 Å². The minimum Gasteiger partial charge on any atom is -0.426 e. The van der Waals surface area contributed by atoms with Crippen LogP contribution in [-0.2, 0) is 6.54 Å². The Balaban J connectivity index is 1.96. The number of benzene rings is 1. The monoisotopic (exact) mass is 344 g/mol. The maximum Gasteiger partial charge on any atom is 0.330 e. The van der Waals surface area contributed by atoms with E-state index in [9.17, 15) is 9.59 Å². The summed E-state index contributed by atoms with van der Waals surface area (Å²) in [6, 6.07) is 7.72. The van der Waals surface area contributed by atoms with Gasteiger partial charge in [0, 0.05) is 13.2 Å². The van der Waals surface area contributed by atoms with Crippen LogP contribution in [0.15, 0.2) is 33.9 Å². The zero-order valence-electron chi connectivity index (χ0n) is 14.1. The maximum atomic E-state index is 12.4. The highest BCUT2D eigenvalue weighted by Gasteiger charge is 2.13. The molecule has 0 aliphatic rings. The van der Waals surface area contributed by atoms with Crippen LogP contribution in [0.5, 0.6) is 11.8 Å². The van der Waals surface area contributed by atoms with E-state index in [0.29, 0.717) is 18.1 Å². The SMILES string of the molecule is CC(C)c1cccc(Oc2nc3[nH]c(=O)n(CCCO)c(=O)c3[nH]2)c1. The van der Waals surface area contributed by atoms with Crippen LogP contribution in [0.3, 0.4) is 0 Å². The zero-order chi connectivity index (χ0) is 18.0. The third-order valence-electron chi connectivity index (χ3n) is 3.89. The number of H-pyrrole nitrogens is 2. The normalized spacial score (nSPS) is 11.4. The molecule has 0 atom stereocenters. The molecule has 0 fully saturated rings. The third kappa shape index (κ3) is 3.48. The molecule has 2 heterocycles. The minimum atomic E-state index is -0.564. The lowest BCUT2D eigenvalue weighted by Crippen LogP contribution is -2.35. The second-order valence-corrected chi connectivity index (χ2v) is 6.06. The van der Waals surface area contributed by atoms with Crippen LogP contribution in [0.2, 0.25) is 0 Å². The summed E-state index contributed by atoms with van der Waals surface area (Å²) in [7, 11) is 0. The van der Waals surface area contributed by atoms with E-state index in [1.54, 1.807) is 6.07 Å². The Labute approximate surface area is 143 Å². The van der Waals surface area contributed by atoms with E-state index in [2.05, 4.69) is 28.8 Å². The number of fused-ring (bicyclic) bond motifs is 1. The first-order valence-electron chi connectivity index (χ1n) is 8.11. The predicted octanol–water partition coefficient (Wildman–Crippen LogP) is 1.71. The molecule has 8 nitrogen and oxygen atoms in total. The van der Waals surface area contributed by atoms with Gasteiger partial charge >= 0.3 is 11.7 Å². The second kappa shape index (κ2) is 6.94. The van der Waals surface area contributed by atoms with Gasteiger partial charge in [0.15, 0.2) is 11.2 Å². The van der Waals surface area contributed by atoms with Crippen LogP contribution in [-0.4, -0.2) is 31.2 Å². The minimum absolute atomic E-state index is 0.104. The molecule has 0 aliphatic carbocycles. The van der Waals surface area contributed by atoms with Crippen molar-refractivity contribution in [3.8, 4) is 11.8 Å². The Kier molecular flexibility index (Phi) is 4.71. The highest BCUT2D eigenvalue weighted by Crippen LogP contribution is 2.24. The summed E-state index contributed by atoms with van der Waals surface area (Å²) >= 11 is 0. The standard InChI is InChI=1S/C17H20N4O4/c1-10(2)11-5-3-6-12(9-11)25-16-18-13-14(19-16)20-17(24)21(15(13)23)7-4-8-22/h3,5-6,9-10,22H,4,7-8H2,1-2H3,(H,18,19)(H,20,24). The quantitative estimate of drug-likeness (QED) is 0.630. The van der Waals surface area contributed by atoms with E-state index >= 15 is 0 Å². The fraction of sp³-hybridized carbons (Fsp3) is 0.353. The molecule has 25 heavy (non-hydrogen) atoms. The number of hydrogen-bond acceptors (Lipinski definition) is 5. The fourth-order valence-electron chi connectivity index (χ4n) is 2.52. The van der Waals surface area contributed by atoms with Crippen molar-refractivity contribution >= 4 is 11.2 Å². The number of aromatic amines is 2. The van der Waals surface area contributed by atoms with Gasteiger partial charge in [0.2, 0.25) is 0 Å². The van der Waals surface area contributed by atoms with Crippen LogP contribution < -0.4 is 16.0 Å². The van der Waals surface area contributed by atoms with E-state index in [0.717, 1.165) is 10.1 Å². The van der Waals surface area contributed by atoms with E-state index in [-0.39, 0.29) is 30.3 Å². The van der Waals surface area contributed by atoms with Crippen molar-refractivity contribution in [2.45, 2.75) is 32.7 Å². The number of aliphatic hydroxyl groups excluding tert-OH is 1. The summed E-state index contributed by atoms with van der Waals surface area (Å²) in [4.78, 5) is 33.9. The summed E-state index contributed by atoms with van der Waals surface area (Å²) in [5.74, 6) is 0.947. The Bertz CT molecular complexity index is 1000. The number of rotatable bonds is 6. The second-order valence-electron chi connectivity index (χ2n) is 6.06. The topological polar surface area (TPSA) is 113 Å². The number of nitrogens with zero attached hydrogens (tertiary/aromatic N) is 2. The van der Waals surface area contributed by atoms with Gasteiger partial charge in [-0.2, -0.15) is 4.98 Å². The molecule has 0 saturated carbocycles. The van der Waals surface area contributed by atoms with Crippen molar-refractivity contribution in [1.29, 1.82) is 0 Å². The number of aliphatic hydroxyl groups is 1. The lowest BCUT2D eigenvalue weighted by molar-refractivity contribution is 0.278. The summed E-state index contributed by atoms with van der Waals surface area (Å²) in [6.45, 7) is 4.19. The molecule has 3 rings (SSSR count). The van der Waals surface area contributed by atoms with Crippen LogP contribution >= 0.6 is 0 Å². The maximum absolute atomic E-state index is 12.4. The summed E-state index contributed by atoms with van der Waals surface area (Å²) in [6.07, 6.45) is 0.313. The van der Waals surface area contributed by atoms with Crippen molar-refractivity contribution in [2.75, 3.05) is 6.61 Å². The zero-order valence-corrected chi connectivity index (χ0v) is 14.1. The first kappa shape index (κ1) is 17.0. The van der Waals surface area contributed by atoms with E-state index in [1.807, 2.05) is 18.2 Å². The average molecular weight is 344 g/mol. The first-order chi connectivity index (χ1) is 12.0. The predicted molar refractivity (Wildman–Crippen MR) is 93.3 cm³/mol. The first-order valence-corrected chi connectivity index (χ1v) is 8.11. The largest absolute Gasteiger partial charge is 0.426 e. The van der Waals surface area contributed by atoms with Gasteiger partial charge in [-0.1, -0.05) is 26.0 Å². The highest BCUT2D eigenvalue weighted by atomic mass is 16.5. The molecule has 2 aromatic heterocycles. The molecule has 3 aromatic rings. The Morgan fingerprint density at radius 3 is 2.80 bits per heavy atom. The van der Waals surface area contributed by atoms with E-state index in [4.69, 9.17) is 9.84 Å². The number of ether oxygens (including phenoxy) is 1. The molecule has 0 aliphatic heterocycles. The van der Waals surface area contributed by atoms with Gasteiger partial charge in [-0.3, -0.25) is 14.3 Å². The van der Waals surface area contributed by atoms with Crippen LogP contribution in [0.25, 0.3) is 11.2 Å². The summed E-state index contributed by atoms with van der Waals surface area (Å²) in [5.41, 5.74) is 0.363. The van der Waals surface area contributed by atoms with Crippen molar-refractivity contribution in [3.05, 3.63) is 50.7 Å². The van der Waals surface area contributed by atoms with Crippen LogP contribution in [0, 0.1) is 0 Å². The van der Waals surface area contributed by atoms with Gasteiger partial charge in [-0.15, -0.1) is 0 Å². The number of imidazole rings is 1. The third-order valence-corrected chi connectivity index (χ3v) is 3.89. The highest BCUT2D eigenvalue weighted by molar-refractivity contribution is 5.69. The lowest BCUT2D eigenvalue weighted by atomic mass is 10.0. The molecule has 0 unspecified atom stereocenters. The molecule has 8 heteroatoms. The molecule has 0 amide bonds. The number of hydrogen-bond donors (Lipinski definition) is 3. The smallest absolute Gasteiger partial charge is 0.330 e. The Morgan fingerprint density at radius 1 is 1.28 bits per heavy atom. The van der Waals surface area contributed by atoms with Gasteiger partial charge in [-0.25, -0.2) is 4.79 Å². The Morgan fingerprint density at radius 2 is 2.08 bits per heavy atom. The molecular weight excluding hydrogens is 324 g/mol. The van der Waals surface area contributed by atoms with Gasteiger partial charge in [-0.05, 0) is 30.0 Å². The average Bonchev–Trinajstić information content (AvgIpc) is 2.97. The van der Waals surface area contributed by atoms with Crippen molar-refractivity contribution < 1.29 is 9.84 Å². The molecule has 3 N–H and O–H groups in total. The van der Waals surface area contributed by atoms with Gasteiger partial charge in [0.25, 0.3) is 5.56 Å². The summed E-state index contributed by atoms with van der Waals surface area (Å²) < 4.78 is 6.72. The van der Waals surface area contributed by atoms with Crippen LogP contribution in [0.4, 0.5) is 0 Å². The van der Waals surface area contributed by atoms with Crippen molar-refractivity contribution in [2.24, 2.45) is 0 Å². The number of nitrogens with one attached hydrogen (secondary N) is 2. The molecule has 1 aromatic carbocycles. The summed E-state index contributed by atoms with van der Waals surface area (Å²) in [5, 5.41) is 8.88. The molecular formula is C17H20N4O4. The molecule has 0 spiro atoms. The van der Waals surface area contributed by atoms with Crippen molar-refractivity contribution in [1.82, 2.24) is 19.5 Å². The Hall–Kier alpha value is -2.87. The molecule has 0 radical (unpaired) electrons. The van der Waals surface area contributed by atoms with Crippen LogP contribution in [0.1, 0.15) is 31.7 Å². The van der Waals surface area contributed by atoms with E-state index in [1.165, 1.54) is 0 Å². The molecule has 0 saturated heterocycles. The molecule has 132 valence electrons. The van der Waals surface area contributed by atoms with Gasteiger partial charge in [0.1, 0.15) is 5.75 Å². The van der Waals surface area contributed by atoms with E-state index < -0.39 is 11.2 Å². The van der Waals surface area contributed by atoms with Crippen molar-refractivity contribution in [3.63, 3.8) is 0 Å². The fourth-order valence-corrected chi connectivity index (χ4v) is 2.52. The lowest BCUT2D eigenvalue weighted by Gasteiger charge is -2.07. The van der Waals surface area contributed by atoms with Gasteiger partial charge < -0.3 is 14.8 Å².